The molecule has 158 valence electrons. The van der Waals surface area contributed by atoms with Crippen molar-refractivity contribution in [1.29, 1.82) is 0 Å². The van der Waals surface area contributed by atoms with Gasteiger partial charge in [0.15, 0.2) is 0 Å². The van der Waals surface area contributed by atoms with E-state index >= 15 is 0 Å². The highest BCUT2D eigenvalue weighted by molar-refractivity contribution is 6.08. The second-order valence-electron chi connectivity index (χ2n) is 7.25. The molecule has 0 unspecified atom stereocenters. The Balaban J connectivity index is 1.66. The molecular formula is C22H26N4O4. The van der Waals surface area contributed by atoms with Crippen LogP contribution in [0.5, 0.6) is 5.75 Å². The molecule has 1 aliphatic heterocycles. The van der Waals surface area contributed by atoms with Gasteiger partial charge >= 0.3 is 6.03 Å². The highest BCUT2D eigenvalue weighted by Gasteiger charge is 2.50. The molecule has 0 radical (unpaired) electrons. The van der Waals surface area contributed by atoms with Gasteiger partial charge in [0.2, 0.25) is 0 Å². The molecule has 1 saturated heterocycles. The molecular weight excluding hydrogens is 384 g/mol. The smallest absolute Gasteiger partial charge is 0.344 e. The highest BCUT2D eigenvalue weighted by atomic mass is 16.5. The Morgan fingerprint density at radius 2 is 1.80 bits per heavy atom. The number of carbonyl (C=O) groups is 3. The molecule has 0 spiro atoms. The van der Waals surface area contributed by atoms with E-state index in [1.807, 2.05) is 42.2 Å². The number of methoxy groups -OCH3 is 1. The Bertz CT molecular complexity index is 916. The average Bonchev–Trinajstić information content (AvgIpc) is 2.98. The van der Waals surface area contributed by atoms with Gasteiger partial charge in [-0.05, 0) is 36.7 Å². The first-order valence-corrected chi connectivity index (χ1v) is 9.74. The van der Waals surface area contributed by atoms with Gasteiger partial charge < -0.3 is 10.1 Å². The van der Waals surface area contributed by atoms with E-state index in [9.17, 15) is 14.4 Å². The van der Waals surface area contributed by atoms with Crippen LogP contribution in [0.4, 0.5) is 4.79 Å². The second-order valence-corrected chi connectivity index (χ2v) is 7.25. The van der Waals surface area contributed by atoms with Crippen molar-refractivity contribution in [1.82, 2.24) is 20.7 Å². The van der Waals surface area contributed by atoms with Crippen LogP contribution in [-0.4, -0.2) is 48.0 Å². The van der Waals surface area contributed by atoms with Crippen LogP contribution in [0.1, 0.15) is 25.0 Å². The molecule has 0 aliphatic carbocycles. The van der Waals surface area contributed by atoms with E-state index in [1.54, 1.807) is 38.3 Å². The second kappa shape index (κ2) is 8.96. The maximum absolute atomic E-state index is 13.0. The molecule has 1 aliphatic rings. The molecule has 4 amide bonds. The fraction of sp³-hybridized carbons (Fsp3) is 0.318. The standard InChI is InChI=1S/C22H26N4O4/c1-4-25(14-16-8-6-5-7-9-16)15-19(27)24-26-20(28)22(2,23-21(26)29)17-10-12-18(30-3)13-11-17/h5-13H,4,14-15H2,1-3H3,(H,23,29)(H,24,27)/t22-/m0/s1. The molecule has 8 heteroatoms. The van der Waals surface area contributed by atoms with Crippen LogP contribution in [-0.2, 0) is 21.7 Å². The number of rotatable bonds is 8. The maximum atomic E-state index is 13.0. The summed E-state index contributed by atoms with van der Waals surface area (Å²) in [5.74, 6) is -0.338. The fourth-order valence-electron chi connectivity index (χ4n) is 3.34. The van der Waals surface area contributed by atoms with E-state index in [0.717, 1.165) is 10.6 Å². The number of hydrazine groups is 1. The molecule has 2 aromatic rings. The predicted octanol–water partition coefficient (Wildman–Crippen LogP) is 2.02. The summed E-state index contributed by atoms with van der Waals surface area (Å²) < 4.78 is 5.13. The first-order chi connectivity index (χ1) is 14.4. The molecule has 8 nitrogen and oxygen atoms in total. The number of urea groups is 1. The molecule has 0 aromatic heterocycles. The topological polar surface area (TPSA) is 91.0 Å². The molecule has 30 heavy (non-hydrogen) atoms. The van der Waals surface area contributed by atoms with Gasteiger partial charge in [-0.3, -0.25) is 19.9 Å². The molecule has 1 heterocycles. The van der Waals surface area contributed by atoms with Gasteiger partial charge in [-0.15, -0.1) is 0 Å². The Hall–Kier alpha value is -3.39. The first-order valence-electron chi connectivity index (χ1n) is 9.74. The lowest BCUT2D eigenvalue weighted by Gasteiger charge is -2.23. The lowest BCUT2D eigenvalue weighted by Crippen LogP contribution is -2.50. The minimum atomic E-state index is -1.27. The maximum Gasteiger partial charge on any atom is 0.344 e. The zero-order valence-corrected chi connectivity index (χ0v) is 17.3. The summed E-state index contributed by atoms with van der Waals surface area (Å²) in [4.78, 5) is 39.8. The number of hydrogen-bond donors (Lipinski definition) is 2. The Labute approximate surface area is 175 Å². The summed E-state index contributed by atoms with van der Waals surface area (Å²) >= 11 is 0. The lowest BCUT2D eigenvalue weighted by molar-refractivity contribution is -0.139. The molecule has 1 fully saturated rings. The van der Waals surface area contributed by atoms with Crippen molar-refractivity contribution in [3.8, 4) is 5.75 Å². The van der Waals surface area contributed by atoms with Gasteiger partial charge in [0, 0.05) is 6.54 Å². The van der Waals surface area contributed by atoms with E-state index in [4.69, 9.17) is 4.74 Å². The number of amides is 4. The summed E-state index contributed by atoms with van der Waals surface area (Å²) in [5.41, 5.74) is 2.84. The van der Waals surface area contributed by atoms with Crippen molar-refractivity contribution in [3.05, 3.63) is 65.7 Å². The number of likely N-dealkylation sites (N-methyl/N-ethyl adjacent to an activating group) is 1. The Morgan fingerprint density at radius 3 is 2.40 bits per heavy atom. The molecule has 2 aromatic carbocycles. The van der Waals surface area contributed by atoms with Gasteiger partial charge in [-0.25, -0.2) is 4.79 Å². The number of ether oxygens (including phenoxy) is 1. The van der Waals surface area contributed by atoms with Crippen LogP contribution >= 0.6 is 0 Å². The van der Waals surface area contributed by atoms with E-state index in [-0.39, 0.29) is 6.54 Å². The third-order valence-corrected chi connectivity index (χ3v) is 5.16. The third kappa shape index (κ3) is 4.44. The Kier molecular flexibility index (Phi) is 6.37. The minimum absolute atomic E-state index is 0.0572. The van der Waals surface area contributed by atoms with Crippen molar-refractivity contribution >= 4 is 17.8 Å². The van der Waals surface area contributed by atoms with Gasteiger partial charge in [0.1, 0.15) is 11.3 Å². The summed E-state index contributed by atoms with van der Waals surface area (Å²) in [6.45, 7) is 4.85. The molecule has 2 N–H and O–H groups in total. The normalized spacial score (nSPS) is 18.5. The van der Waals surface area contributed by atoms with Crippen LogP contribution in [0.2, 0.25) is 0 Å². The molecule has 1 atom stereocenters. The van der Waals surface area contributed by atoms with Crippen molar-refractivity contribution in [3.63, 3.8) is 0 Å². The minimum Gasteiger partial charge on any atom is -0.497 e. The summed E-state index contributed by atoms with van der Waals surface area (Å²) in [5, 5.41) is 3.42. The number of hydrogen-bond acceptors (Lipinski definition) is 5. The zero-order valence-electron chi connectivity index (χ0n) is 17.3. The SMILES string of the molecule is CCN(CC(=O)NN1C(=O)N[C@@](C)(c2ccc(OC)cc2)C1=O)Cc1ccccc1. The van der Waals surface area contributed by atoms with Gasteiger partial charge in [0.25, 0.3) is 11.8 Å². The van der Waals surface area contributed by atoms with Gasteiger partial charge in [-0.2, -0.15) is 5.01 Å². The lowest BCUT2D eigenvalue weighted by atomic mass is 9.92. The van der Waals surface area contributed by atoms with E-state index in [1.165, 1.54) is 0 Å². The van der Waals surface area contributed by atoms with Crippen LogP contribution in [0, 0.1) is 0 Å². The number of nitrogens with one attached hydrogen (secondary N) is 2. The van der Waals surface area contributed by atoms with Gasteiger partial charge in [0.05, 0.1) is 13.7 Å². The third-order valence-electron chi connectivity index (χ3n) is 5.16. The van der Waals surface area contributed by atoms with Crippen LogP contribution in [0.15, 0.2) is 54.6 Å². The number of carbonyl (C=O) groups excluding carboxylic acids is 3. The predicted molar refractivity (Wildman–Crippen MR) is 111 cm³/mol. The van der Waals surface area contributed by atoms with Gasteiger partial charge in [-0.1, -0.05) is 49.4 Å². The summed E-state index contributed by atoms with van der Waals surface area (Å²) in [7, 11) is 1.55. The molecule has 0 saturated carbocycles. The van der Waals surface area contributed by atoms with Crippen molar-refractivity contribution < 1.29 is 19.1 Å². The van der Waals surface area contributed by atoms with E-state index in [0.29, 0.717) is 24.4 Å². The van der Waals surface area contributed by atoms with E-state index < -0.39 is 23.4 Å². The quantitative estimate of drug-likeness (QED) is 0.650. The van der Waals surface area contributed by atoms with Crippen LogP contribution in [0.25, 0.3) is 0 Å². The van der Waals surface area contributed by atoms with Crippen molar-refractivity contribution in [2.45, 2.75) is 25.9 Å². The van der Waals surface area contributed by atoms with Crippen LogP contribution < -0.4 is 15.5 Å². The van der Waals surface area contributed by atoms with E-state index in [2.05, 4.69) is 10.7 Å². The largest absolute Gasteiger partial charge is 0.497 e. The highest BCUT2D eigenvalue weighted by Crippen LogP contribution is 2.29. The Morgan fingerprint density at radius 1 is 1.13 bits per heavy atom. The molecule has 3 rings (SSSR count). The van der Waals surface area contributed by atoms with Crippen molar-refractivity contribution in [2.75, 3.05) is 20.2 Å². The average molecular weight is 410 g/mol. The summed E-state index contributed by atoms with van der Waals surface area (Å²) in [6.07, 6.45) is 0. The summed E-state index contributed by atoms with van der Waals surface area (Å²) in [6, 6.07) is 16.0. The van der Waals surface area contributed by atoms with Crippen LogP contribution in [0.3, 0.4) is 0 Å². The monoisotopic (exact) mass is 410 g/mol. The number of nitrogens with zero attached hydrogens (tertiary/aromatic N) is 2. The first kappa shape index (κ1) is 21.3. The number of imide groups is 1. The van der Waals surface area contributed by atoms with Crippen molar-refractivity contribution in [2.24, 2.45) is 0 Å². The fourth-order valence-corrected chi connectivity index (χ4v) is 3.34. The number of benzene rings is 2. The molecule has 0 bridgehead atoms. The zero-order chi connectivity index (χ0) is 21.7.